The SMILES string of the molecule is COc1ccc(NC(=O)C2(C(=O)NCc3cccnc3)CC2)cc1. The fourth-order valence-corrected chi connectivity index (χ4v) is 2.46. The third-order valence-corrected chi connectivity index (χ3v) is 4.14. The number of hydrogen-bond acceptors (Lipinski definition) is 4. The van der Waals surface area contributed by atoms with Gasteiger partial charge in [-0.05, 0) is 48.7 Å². The molecule has 6 heteroatoms. The molecule has 0 unspecified atom stereocenters. The standard InChI is InChI=1S/C18H19N3O3/c1-24-15-6-4-14(5-7-15)21-17(23)18(8-9-18)16(22)20-12-13-3-2-10-19-11-13/h2-7,10-11H,8-9,12H2,1H3,(H,20,22)(H,21,23). The summed E-state index contributed by atoms with van der Waals surface area (Å²) in [6.07, 6.45) is 4.50. The highest BCUT2D eigenvalue weighted by molar-refractivity contribution is 6.13. The third-order valence-electron chi connectivity index (χ3n) is 4.14. The number of aromatic nitrogens is 1. The maximum atomic E-state index is 12.5. The van der Waals surface area contributed by atoms with Crippen molar-refractivity contribution in [3.63, 3.8) is 0 Å². The fraction of sp³-hybridized carbons (Fsp3) is 0.278. The van der Waals surface area contributed by atoms with E-state index in [1.165, 1.54) is 0 Å². The van der Waals surface area contributed by atoms with Gasteiger partial charge in [0, 0.05) is 24.6 Å². The maximum absolute atomic E-state index is 12.5. The summed E-state index contributed by atoms with van der Waals surface area (Å²) >= 11 is 0. The summed E-state index contributed by atoms with van der Waals surface area (Å²) in [7, 11) is 1.58. The van der Waals surface area contributed by atoms with E-state index < -0.39 is 5.41 Å². The zero-order valence-corrected chi connectivity index (χ0v) is 13.4. The van der Waals surface area contributed by atoms with Gasteiger partial charge in [-0.25, -0.2) is 0 Å². The highest BCUT2D eigenvalue weighted by atomic mass is 16.5. The molecule has 2 amide bonds. The normalized spacial score (nSPS) is 14.5. The summed E-state index contributed by atoms with van der Waals surface area (Å²) in [5.41, 5.74) is 0.589. The van der Waals surface area contributed by atoms with Crippen LogP contribution in [0.2, 0.25) is 0 Å². The van der Waals surface area contributed by atoms with Crippen LogP contribution in [-0.2, 0) is 16.1 Å². The predicted molar refractivity (Wildman–Crippen MR) is 89.4 cm³/mol. The molecule has 0 atom stereocenters. The van der Waals surface area contributed by atoms with E-state index >= 15 is 0 Å². The van der Waals surface area contributed by atoms with Crippen LogP contribution in [0.3, 0.4) is 0 Å². The first-order chi connectivity index (χ1) is 11.6. The molecule has 1 heterocycles. The fourth-order valence-electron chi connectivity index (χ4n) is 2.46. The molecule has 1 aromatic carbocycles. The van der Waals surface area contributed by atoms with Gasteiger partial charge in [0.15, 0.2) is 0 Å². The first-order valence-electron chi connectivity index (χ1n) is 7.77. The van der Waals surface area contributed by atoms with Crippen molar-refractivity contribution in [2.75, 3.05) is 12.4 Å². The highest BCUT2D eigenvalue weighted by Crippen LogP contribution is 2.46. The molecular formula is C18H19N3O3. The van der Waals surface area contributed by atoms with Gasteiger partial charge >= 0.3 is 0 Å². The van der Waals surface area contributed by atoms with Crippen LogP contribution >= 0.6 is 0 Å². The molecule has 24 heavy (non-hydrogen) atoms. The zero-order valence-electron chi connectivity index (χ0n) is 13.4. The Balaban J connectivity index is 1.59. The molecule has 1 fully saturated rings. The number of rotatable bonds is 6. The van der Waals surface area contributed by atoms with Crippen LogP contribution in [-0.4, -0.2) is 23.9 Å². The number of ether oxygens (including phenoxy) is 1. The highest BCUT2D eigenvalue weighted by Gasteiger charge is 2.56. The maximum Gasteiger partial charge on any atom is 0.240 e. The summed E-state index contributed by atoms with van der Waals surface area (Å²) in [6, 6.07) is 10.7. The quantitative estimate of drug-likeness (QED) is 0.797. The van der Waals surface area contributed by atoms with Crippen LogP contribution in [0, 0.1) is 5.41 Å². The van der Waals surface area contributed by atoms with Crippen LogP contribution in [0.15, 0.2) is 48.8 Å². The molecule has 6 nitrogen and oxygen atoms in total. The van der Waals surface area contributed by atoms with Crippen LogP contribution in [0.5, 0.6) is 5.75 Å². The van der Waals surface area contributed by atoms with Crippen molar-refractivity contribution in [2.45, 2.75) is 19.4 Å². The van der Waals surface area contributed by atoms with E-state index in [2.05, 4.69) is 15.6 Å². The van der Waals surface area contributed by atoms with Crippen molar-refractivity contribution in [3.8, 4) is 5.75 Å². The molecular weight excluding hydrogens is 306 g/mol. The zero-order chi connectivity index (χ0) is 17.0. The van der Waals surface area contributed by atoms with E-state index in [1.807, 2.05) is 12.1 Å². The first-order valence-corrected chi connectivity index (χ1v) is 7.77. The molecule has 2 N–H and O–H groups in total. The topological polar surface area (TPSA) is 80.3 Å². The largest absolute Gasteiger partial charge is 0.497 e. The molecule has 2 aromatic rings. The minimum atomic E-state index is -0.956. The number of amides is 2. The van der Waals surface area contributed by atoms with E-state index in [0.29, 0.717) is 30.8 Å². The Labute approximate surface area is 140 Å². The minimum absolute atomic E-state index is 0.239. The summed E-state index contributed by atoms with van der Waals surface area (Å²) in [6.45, 7) is 0.365. The number of nitrogens with one attached hydrogen (secondary N) is 2. The molecule has 0 radical (unpaired) electrons. The molecule has 0 spiro atoms. The lowest BCUT2D eigenvalue weighted by molar-refractivity contribution is -0.134. The number of anilines is 1. The van der Waals surface area contributed by atoms with Gasteiger partial charge in [0.2, 0.25) is 11.8 Å². The van der Waals surface area contributed by atoms with Crippen LogP contribution in [0.1, 0.15) is 18.4 Å². The van der Waals surface area contributed by atoms with Gasteiger partial charge in [-0.3, -0.25) is 14.6 Å². The molecule has 124 valence electrons. The van der Waals surface area contributed by atoms with Gasteiger partial charge in [-0.15, -0.1) is 0 Å². The second-order valence-electron chi connectivity index (χ2n) is 5.81. The molecule has 3 rings (SSSR count). The first kappa shape index (κ1) is 16.0. The summed E-state index contributed by atoms with van der Waals surface area (Å²) in [5.74, 6) is 0.206. The van der Waals surface area contributed by atoms with Crippen LogP contribution in [0.4, 0.5) is 5.69 Å². The Kier molecular flexibility index (Phi) is 4.46. The van der Waals surface area contributed by atoms with Crippen molar-refractivity contribution in [1.29, 1.82) is 0 Å². The van der Waals surface area contributed by atoms with Crippen molar-refractivity contribution < 1.29 is 14.3 Å². The molecule has 0 saturated heterocycles. The van der Waals surface area contributed by atoms with E-state index in [0.717, 1.165) is 5.56 Å². The summed E-state index contributed by atoms with van der Waals surface area (Å²) in [4.78, 5) is 28.9. The van der Waals surface area contributed by atoms with Crippen molar-refractivity contribution in [1.82, 2.24) is 10.3 Å². The number of carbonyl (C=O) groups excluding carboxylic acids is 2. The monoisotopic (exact) mass is 325 g/mol. The van der Waals surface area contributed by atoms with Gasteiger partial charge in [0.25, 0.3) is 0 Å². The molecule has 1 saturated carbocycles. The molecule has 1 aliphatic carbocycles. The van der Waals surface area contributed by atoms with Gasteiger partial charge in [-0.2, -0.15) is 0 Å². The number of hydrogen-bond donors (Lipinski definition) is 2. The average molecular weight is 325 g/mol. The van der Waals surface area contributed by atoms with Gasteiger partial charge < -0.3 is 15.4 Å². The van der Waals surface area contributed by atoms with Crippen LogP contribution < -0.4 is 15.4 Å². The Bertz CT molecular complexity index is 725. The lowest BCUT2D eigenvalue weighted by Crippen LogP contribution is -2.39. The minimum Gasteiger partial charge on any atom is -0.497 e. The van der Waals surface area contributed by atoms with E-state index in [1.54, 1.807) is 43.8 Å². The second kappa shape index (κ2) is 6.70. The average Bonchev–Trinajstić information content (AvgIpc) is 3.43. The van der Waals surface area contributed by atoms with Gasteiger partial charge in [0.05, 0.1) is 7.11 Å². The molecule has 1 aliphatic rings. The second-order valence-corrected chi connectivity index (χ2v) is 5.81. The van der Waals surface area contributed by atoms with E-state index in [9.17, 15) is 9.59 Å². The van der Waals surface area contributed by atoms with E-state index in [4.69, 9.17) is 4.74 Å². The molecule has 1 aromatic heterocycles. The lowest BCUT2D eigenvalue weighted by atomic mass is 10.0. The number of benzene rings is 1. The summed E-state index contributed by atoms with van der Waals surface area (Å²) < 4.78 is 5.08. The number of pyridine rings is 1. The van der Waals surface area contributed by atoms with E-state index in [-0.39, 0.29) is 11.8 Å². The molecule has 0 aliphatic heterocycles. The Morgan fingerprint density at radius 2 is 1.92 bits per heavy atom. The van der Waals surface area contributed by atoms with Crippen LogP contribution in [0.25, 0.3) is 0 Å². The van der Waals surface area contributed by atoms with Crippen molar-refractivity contribution >= 4 is 17.5 Å². The summed E-state index contributed by atoms with van der Waals surface area (Å²) in [5, 5.41) is 5.63. The predicted octanol–water partition coefficient (Wildman–Crippen LogP) is 2.13. The number of methoxy groups -OCH3 is 1. The number of carbonyl (C=O) groups is 2. The number of nitrogens with zero attached hydrogens (tertiary/aromatic N) is 1. The van der Waals surface area contributed by atoms with Gasteiger partial charge in [-0.1, -0.05) is 6.07 Å². The van der Waals surface area contributed by atoms with Crippen molar-refractivity contribution in [2.24, 2.45) is 5.41 Å². The Hall–Kier alpha value is -2.89. The van der Waals surface area contributed by atoms with Crippen molar-refractivity contribution in [3.05, 3.63) is 54.4 Å². The third kappa shape index (κ3) is 3.37. The smallest absolute Gasteiger partial charge is 0.240 e. The Morgan fingerprint density at radius 3 is 2.50 bits per heavy atom. The Morgan fingerprint density at radius 1 is 1.17 bits per heavy atom. The van der Waals surface area contributed by atoms with Gasteiger partial charge in [0.1, 0.15) is 11.2 Å². The molecule has 0 bridgehead atoms. The lowest BCUT2D eigenvalue weighted by Gasteiger charge is -2.15.